The van der Waals surface area contributed by atoms with Crippen molar-refractivity contribution in [3.63, 3.8) is 0 Å². The van der Waals surface area contributed by atoms with Gasteiger partial charge in [0.15, 0.2) is 0 Å². The summed E-state index contributed by atoms with van der Waals surface area (Å²) in [5, 5.41) is 3.43. The summed E-state index contributed by atoms with van der Waals surface area (Å²) in [6.07, 6.45) is 3.28. The van der Waals surface area contributed by atoms with Crippen molar-refractivity contribution in [2.45, 2.75) is 32.2 Å². The van der Waals surface area contributed by atoms with E-state index in [1.807, 2.05) is 12.1 Å². The molecule has 3 nitrogen and oxygen atoms in total. The summed E-state index contributed by atoms with van der Waals surface area (Å²) in [6, 6.07) is 8.54. The third-order valence-electron chi connectivity index (χ3n) is 2.74. The molecule has 0 radical (unpaired) electrons. The summed E-state index contributed by atoms with van der Waals surface area (Å²) in [5.74, 6) is 0.930. The van der Waals surface area contributed by atoms with Crippen LogP contribution in [-0.4, -0.2) is 26.2 Å². The van der Waals surface area contributed by atoms with E-state index in [4.69, 9.17) is 10.5 Å². The van der Waals surface area contributed by atoms with Crippen molar-refractivity contribution in [1.82, 2.24) is 5.32 Å². The summed E-state index contributed by atoms with van der Waals surface area (Å²) < 4.78 is 5.19. The molecule has 1 aromatic carbocycles. The molecule has 0 spiro atoms. The summed E-state index contributed by atoms with van der Waals surface area (Å²) in [5.41, 5.74) is 7.00. The minimum atomic E-state index is 0.315. The molecule has 17 heavy (non-hydrogen) atoms. The average molecular weight is 236 g/mol. The molecular weight excluding hydrogens is 212 g/mol. The number of hydrogen-bond acceptors (Lipinski definition) is 3. The third-order valence-corrected chi connectivity index (χ3v) is 2.74. The van der Waals surface area contributed by atoms with E-state index >= 15 is 0 Å². The van der Waals surface area contributed by atoms with E-state index in [0.717, 1.165) is 38.1 Å². The number of hydrogen-bond donors (Lipinski definition) is 2. The fourth-order valence-corrected chi connectivity index (χ4v) is 1.73. The van der Waals surface area contributed by atoms with Crippen LogP contribution >= 0.6 is 0 Å². The predicted molar refractivity (Wildman–Crippen MR) is 72.5 cm³/mol. The summed E-state index contributed by atoms with van der Waals surface area (Å²) >= 11 is 0. The van der Waals surface area contributed by atoms with Crippen molar-refractivity contribution in [2.75, 3.05) is 20.2 Å². The first-order valence-electron chi connectivity index (χ1n) is 6.31. The zero-order valence-electron chi connectivity index (χ0n) is 10.9. The second-order valence-electron chi connectivity index (χ2n) is 4.47. The van der Waals surface area contributed by atoms with Crippen LogP contribution in [0.25, 0.3) is 0 Å². The first kappa shape index (κ1) is 14.0. The Bertz CT molecular complexity index is 313. The zero-order valence-corrected chi connectivity index (χ0v) is 10.9. The first-order chi connectivity index (χ1) is 8.22. The Morgan fingerprint density at radius 3 is 2.88 bits per heavy atom. The number of ether oxygens (including phenoxy) is 1. The Morgan fingerprint density at radius 2 is 2.18 bits per heavy atom. The molecule has 0 aliphatic carbocycles. The quantitative estimate of drug-likeness (QED) is 0.678. The Balaban J connectivity index is 2.13. The summed E-state index contributed by atoms with van der Waals surface area (Å²) in [4.78, 5) is 0. The van der Waals surface area contributed by atoms with Gasteiger partial charge in [-0.05, 0) is 57.0 Å². The molecule has 1 atom stereocenters. The lowest BCUT2D eigenvalue weighted by atomic mass is 10.1. The number of nitrogens with one attached hydrogen (secondary N) is 1. The van der Waals surface area contributed by atoms with Gasteiger partial charge in [-0.3, -0.25) is 0 Å². The molecular formula is C14H24N2O. The normalized spacial score (nSPS) is 12.4. The maximum Gasteiger partial charge on any atom is 0.119 e. The highest BCUT2D eigenvalue weighted by molar-refractivity contribution is 5.28. The molecule has 0 fully saturated rings. The van der Waals surface area contributed by atoms with E-state index in [1.165, 1.54) is 5.56 Å². The van der Waals surface area contributed by atoms with Crippen LogP contribution in [0.3, 0.4) is 0 Å². The molecule has 1 unspecified atom stereocenters. The fraction of sp³-hybridized carbons (Fsp3) is 0.571. The van der Waals surface area contributed by atoms with Gasteiger partial charge < -0.3 is 15.8 Å². The minimum absolute atomic E-state index is 0.315. The third kappa shape index (κ3) is 6.29. The molecule has 0 saturated heterocycles. The number of benzene rings is 1. The Hall–Kier alpha value is -1.06. The van der Waals surface area contributed by atoms with E-state index in [0.29, 0.717) is 6.04 Å². The average Bonchev–Trinajstić information content (AvgIpc) is 2.33. The van der Waals surface area contributed by atoms with E-state index in [9.17, 15) is 0 Å². The number of rotatable bonds is 8. The van der Waals surface area contributed by atoms with Crippen molar-refractivity contribution >= 4 is 0 Å². The lowest BCUT2D eigenvalue weighted by Crippen LogP contribution is -2.21. The van der Waals surface area contributed by atoms with Gasteiger partial charge in [0.2, 0.25) is 0 Å². The van der Waals surface area contributed by atoms with Crippen molar-refractivity contribution < 1.29 is 4.74 Å². The van der Waals surface area contributed by atoms with E-state index in [2.05, 4.69) is 24.4 Å². The highest BCUT2D eigenvalue weighted by atomic mass is 16.5. The van der Waals surface area contributed by atoms with Crippen molar-refractivity contribution in [3.8, 4) is 5.75 Å². The fourth-order valence-electron chi connectivity index (χ4n) is 1.73. The van der Waals surface area contributed by atoms with Crippen LogP contribution in [-0.2, 0) is 6.42 Å². The molecule has 0 saturated carbocycles. The van der Waals surface area contributed by atoms with Crippen molar-refractivity contribution in [2.24, 2.45) is 5.73 Å². The van der Waals surface area contributed by atoms with E-state index in [1.54, 1.807) is 7.11 Å². The van der Waals surface area contributed by atoms with Gasteiger partial charge in [-0.25, -0.2) is 0 Å². The Morgan fingerprint density at radius 1 is 1.35 bits per heavy atom. The second-order valence-corrected chi connectivity index (χ2v) is 4.47. The Labute approximate surface area is 104 Å². The molecule has 1 aromatic rings. The summed E-state index contributed by atoms with van der Waals surface area (Å²) in [6.45, 7) is 4.11. The second kappa shape index (κ2) is 8.09. The molecule has 0 bridgehead atoms. The molecule has 0 aliphatic heterocycles. The van der Waals surface area contributed by atoms with Gasteiger partial charge in [0, 0.05) is 6.04 Å². The number of nitrogens with two attached hydrogens (primary N) is 1. The van der Waals surface area contributed by atoms with Gasteiger partial charge in [-0.1, -0.05) is 12.1 Å². The smallest absolute Gasteiger partial charge is 0.119 e. The van der Waals surface area contributed by atoms with Gasteiger partial charge in [-0.2, -0.15) is 0 Å². The van der Waals surface area contributed by atoms with Crippen LogP contribution in [0.1, 0.15) is 25.3 Å². The topological polar surface area (TPSA) is 47.3 Å². The molecule has 0 aliphatic rings. The minimum Gasteiger partial charge on any atom is -0.497 e. The van der Waals surface area contributed by atoms with E-state index in [-0.39, 0.29) is 0 Å². The largest absolute Gasteiger partial charge is 0.497 e. The molecule has 0 amide bonds. The highest BCUT2D eigenvalue weighted by Gasteiger charge is 1.96. The van der Waals surface area contributed by atoms with Gasteiger partial charge >= 0.3 is 0 Å². The van der Waals surface area contributed by atoms with Crippen LogP contribution in [0.15, 0.2) is 24.3 Å². The van der Waals surface area contributed by atoms with Crippen molar-refractivity contribution in [1.29, 1.82) is 0 Å². The molecule has 3 heteroatoms. The van der Waals surface area contributed by atoms with E-state index < -0.39 is 0 Å². The number of methoxy groups -OCH3 is 1. The monoisotopic (exact) mass is 236 g/mol. The SMILES string of the molecule is COc1cccc(CCNCCCC(C)N)c1. The van der Waals surface area contributed by atoms with Gasteiger partial charge in [-0.15, -0.1) is 0 Å². The zero-order chi connectivity index (χ0) is 12.5. The standard InChI is InChI=1S/C14H24N2O/c1-12(15)5-4-9-16-10-8-13-6-3-7-14(11-13)17-2/h3,6-7,11-12,16H,4-5,8-10,15H2,1-2H3. The van der Waals surface area contributed by atoms with Crippen LogP contribution in [0.5, 0.6) is 5.75 Å². The Kier molecular flexibility index (Phi) is 6.67. The first-order valence-corrected chi connectivity index (χ1v) is 6.31. The maximum absolute atomic E-state index is 5.69. The molecule has 0 heterocycles. The molecule has 1 rings (SSSR count). The maximum atomic E-state index is 5.69. The van der Waals surface area contributed by atoms with Crippen LogP contribution in [0.2, 0.25) is 0 Å². The van der Waals surface area contributed by atoms with Gasteiger partial charge in [0.05, 0.1) is 7.11 Å². The molecule has 0 aromatic heterocycles. The van der Waals surface area contributed by atoms with Crippen molar-refractivity contribution in [3.05, 3.63) is 29.8 Å². The van der Waals surface area contributed by atoms with Crippen LogP contribution in [0.4, 0.5) is 0 Å². The highest BCUT2D eigenvalue weighted by Crippen LogP contribution is 2.12. The van der Waals surface area contributed by atoms with Crippen LogP contribution < -0.4 is 15.8 Å². The van der Waals surface area contributed by atoms with Crippen LogP contribution in [0, 0.1) is 0 Å². The lowest BCUT2D eigenvalue weighted by Gasteiger charge is -2.07. The predicted octanol–water partition coefficient (Wildman–Crippen LogP) is 1.95. The molecule has 96 valence electrons. The van der Waals surface area contributed by atoms with Gasteiger partial charge in [0.25, 0.3) is 0 Å². The lowest BCUT2D eigenvalue weighted by molar-refractivity contribution is 0.414. The summed E-state index contributed by atoms with van der Waals surface area (Å²) in [7, 11) is 1.70. The van der Waals surface area contributed by atoms with Gasteiger partial charge in [0.1, 0.15) is 5.75 Å². The molecule has 3 N–H and O–H groups in total.